The Balaban J connectivity index is 2.66. The Morgan fingerprint density at radius 3 is 2.94 bits per heavy atom. The number of hydrogen-bond donors (Lipinski definition) is 2. The molecule has 1 aromatic rings. The number of anilines is 1. The van der Waals surface area contributed by atoms with Crippen LogP contribution >= 0.6 is 0 Å². The lowest BCUT2D eigenvalue weighted by Crippen LogP contribution is -2.21. The maximum atomic E-state index is 8.47. The van der Waals surface area contributed by atoms with Gasteiger partial charge < -0.3 is 5.43 Å². The van der Waals surface area contributed by atoms with Gasteiger partial charge in [-0.05, 0) is 14.0 Å². The topological polar surface area (TPSA) is 90.9 Å². The van der Waals surface area contributed by atoms with E-state index in [9.17, 15) is 0 Å². The lowest BCUT2D eigenvalue weighted by molar-refractivity contribution is 0.326. The van der Waals surface area contributed by atoms with Crippen LogP contribution in [0.2, 0.25) is 0 Å². The number of nitrogens with two attached hydrogens (primary N) is 1. The van der Waals surface area contributed by atoms with Gasteiger partial charge in [-0.15, -0.1) is 0 Å². The first kappa shape index (κ1) is 12.4. The maximum Gasteiger partial charge on any atom is 0.144 e. The molecule has 1 rings (SSSR count). The SMILES string of the molecule is Cc1cc(NN)nc(CN(C)CCC#N)n1. The van der Waals surface area contributed by atoms with Gasteiger partial charge in [0.1, 0.15) is 11.6 Å². The quantitative estimate of drug-likeness (QED) is 0.552. The van der Waals surface area contributed by atoms with E-state index in [-0.39, 0.29) is 0 Å². The molecule has 6 heteroatoms. The van der Waals surface area contributed by atoms with E-state index in [0.29, 0.717) is 31.2 Å². The van der Waals surface area contributed by atoms with Crippen LogP contribution in [-0.2, 0) is 6.54 Å². The summed E-state index contributed by atoms with van der Waals surface area (Å²) in [5.41, 5.74) is 3.37. The number of hydrogen-bond acceptors (Lipinski definition) is 6. The van der Waals surface area contributed by atoms with Crippen molar-refractivity contribution in [1.29, 1.82) is 5.26 Å². The minimum Gasteiger partial charge on any atom is -0.308 e. The van der Waals surface area contributed by atoms with Gasteiger partial charge in [-0.2, -0.15) is 5.26 Å². The van der Waals surface area contributed by atoms with Crippen molar-refractivity contribution < 1.29 is 0 Å². The summed E-state index contributed by atoms with van der Waals surface area (Å²) in [5, 5.41) is 8.47. The molecule has 0 aliphatic heterocycles. The summed E-state index contributed by atoms with van der Waals surface area (Å²) in [7, 11) is 1.93. The van der Waals surface area contributed by atoms with Crippen molar-refractivity contribution >= 4 is 5.82 Å². The fraction of sp³-hybridized carbons (Fsp3) is 0.500. The molecule has 0 saturated heterocycles. The van der Waals surface area contributed by atoms with Crippen LogP contribution in [0.5, 0.6) is 0 Å². The largest absolute Gasteiger partial charge is 0.308 e. The first-order chi connectivity index (χ1) is 7.65. The fourth-order valence-electron chi connectivity index (χ4n) is 1.34. The van der Waals surface area contributed by atoms with Gasteiger partial charge in [0, 0.05) is 24.7 Å². The van der Waals surface area contributed by atoms with Crippen LogP contribution < -0.4 is 11.3 Å². The van der Waals surface area contributed by atoms with Crippen LogP contribution in [0.15, 0.2) is 6.07 Å². The molecular formula is C10H16N6. The lowest BCUT2D eigenvalue weighted by Gasteiger charge is -2.14. The number of rotatable bonds is 5. The average Bonchev–Trinajstić information content (AvgIpc) is 2.25. The van der Waals surface area contributed by atoms with Crippen LogP contribution in [0.3, 0.4) is 0 Å². The summed E-state index contributed by atoms with van der Waals surface area (Å²) >= 11 is 0. The van der Waals surface area contributed by atoms with Gasteiger partial charge in [0.15, 0.2) is 0 Å². The zero-order valence-electron chi connectivity index (χ0n) is 9.56. The van der Waals surface area contributed by atoms with Gasteiger partial charge in [0.25, 0.3) is 0 Å². The number of aryl methyl sites for hydroxylation is 1. The monoisotopic (exact) mass is 220 g/mol. The number of nitriles is 1. The second kappa shape index (κ2) is 6.00. The molecule has 0 spiro atoms. The second-order valence-corrected chi connectivity index (χ2v) is 3.60. The van der Waals surface area contributed by atoms with Gasteiger partial charge in [0.2, 0.25) is 0 Å². The predicted molar refractivity (Wildman–Crippen MR) is 61.1 cm³/mol. The molecule has 16 heavy (non-hydrogen) atoms. The van der Waals surface area contributed by atoms with Crippen molar-refractivity contribution in [2.24, 2.45) is 5.84 Å². The van der Waals surface area contributed by atoms with Crippen molar-refractivity contribution in [2.45, 2.75) is 19.9 Å². The molecule has 0 aliphatic rings. The van der Waals surface area contributed by atoms with Crippen LogP contribution in [0, 0.1) is 18.3 Å². The molecule has 0 saturated carbocycles. The van der Waals surface area contributed by atoms with Crippen LogP contribution in [-0.4, -0.2) is 28.5 Å². The summed E-state index contributed by atoms with van der Waals surface area (Å²) < 4.78 is 0. The molecule has 86 valence electrons. The predicted octanol–water partition coefficient (Wildman–Crippen LogP) is 0.416. The number of nitrogens with zero attached hydrogens (tertiary/aromatic N) is 4. The second-order valence-electron chi connectivity index (χ2n) is 3.60. The maximum absolute atomic E-state index is 8.47. The van der Waals surface area contributed by atoms with Gasteiger partial charge in [-0.3, -0.25) is 4.90 Å². The van der Waals surface area contributed by atoms with E-state index >= 15 is 0 Å². The van der Waals surface area contributed by atoms with Gasteiger partial charge in [0.05, 0.1) is 12.6 Å². The first-order valence-electron chi connectivity index (χ1n) is 5.02. The first-order valence-corrected chi connectivity index (χ1v) is 5.02. The van der Waals surface area contributed by atoms with Gasteiger partial charge in [-0.1, -0.05) is 0 Å². The minimum absolute atomic E-state index is 0.504. The van der Waals surface area contributed by atoms with Crippen molar-refractivity contribution in [3.8, 4) is 6.07 Å². The van der Waals surface area contributed by atoms with Crippen LogP contribution in [0.1, 0.15) is 17.9 Å². The molecule has 1 aromatic heterocycles. The highest BCUT2D eigenvalue weighted by atomic mass is 15.3. The number of aromatic nitrogens is 2. The zero-order chi connectivity index (χ0) is 12.0. The Hall–Kier alpha value is -1.71. The number of nitrogen functional groups attached to an aromatic ring is 1. The Bertz CT molecular complexity index is 383. The van der Waals surface area contributed by atoms with E-state index in [2.05, 4.69) is 21.5 Å². The molecule has 0 atom stereocenters. The Labute approximate surface area is 95.1 Å². The van der Waals surface area contributed by atoms with Crippen LogP contribution in [0.4, 0.5) is 5.82 Å². The zero-order valence-corrected chi connectivity index (χ0v) is 9.56. The summed E-state index contributed by atoms with van der Waals surface area (Å²) in [6.07, 6.45) is 0.504. The third-order valence-corrected chi connectivity index (χ3v) is 2.07. The van der Waals surface area contributed by atoms with Crippen molar-refractivity contribution in [2.75, 3.05) is 19.0 Å². The van der Waals surface area contributed by atoms with E-state index in [1.807, 2.05) is 18.9 Å². The van der Waals surface area contributed by atoms with Gasteiger partial charge in [-0.25, -0.2) is 15.8 Å². The molecule has 3 N–H and O–H groups in total. The average molecular weight is 220 g/mol. The Kier molecular flexibility index (Phi) is 4.64. The van der Waals surface area contributed by atoms with Gasteiger partial charge >= 0.3 is 0 Å². The van der Waals surface area contributed by atoms with E-state index in [4.69, 9.17) is 11.1 Å². The highest BCUT2D eigenvalue weighted by molar-refractivity contribution is 5.33. The minimum atomic E-state index is 0.504. The van der Waals surface area contributed by atoms with Crippen LogP contribution in [0.25, 0.3) is 0 Å². The van der Waals surface area contributed by atoms with E-state index < -0.39 is 0 Å². The number of nitrogens with one attached hydrogen (secondary N) is 1. The molecular weight excluding hydrogens is 204 g/mol. The summed E-state index contributed by atoms with van der Waals surface area (Å²) in [6.45, 7) is 3.21. The lowest BCUT2D eigenvalue weighted by atomic mass is 10.4. The molecule has 0 amide bonds. The highest BCUT2D eigenvalue weighted by Crippen LogP contribution is 2.06. The van der Waals surface area contributed by atoms with Crippen molar-refractivity contribution in [1.82, 2.24) is 14.9 Å². The van der Waals surface area contributed by atoms with E-state index in [0.717, 1.165) is 5.69 Å². The molecule has 0 aliphatic carbocycles. The molecule has 0 unspecified atom stereocenters. The normalized spacial score (nSPS) is 10.2. The van der Waals surface area contributed by atoms with E-state index in [1.54, 1.807) is 6.07 Å². The summed E-state index contributed by atoms with van der Waals surface area (Å²) in [6, 6.07) is 3.88. The molecule has 0 fully saturated rings. The number of hydrazine groups is 1. The third kappa shape index (κ3) is 3.81. The van der Waals surface area contributed by atoms with Crippen molar-refractivity contribution in [3.63, 3.8) is 0 Å². The smallest absolute Gasteiger partial charge is 0.144 e. The molecule has 0 aromatic carbocycles. The Morgan fingerprint density at radius 1 is 1.56 bits per heavy atom. The molecule has 0 bridgehead atoms. The Morgan fingerprint density at radius 2 is 2.31 bits per heavy atom. The fourth-order valence-corrected chi connectivity index (χ4v) is 1.34. The van der Waals surface area contributed by atoms with Crippen molar-refractivity contribution in [3.05, 3.63) is 17.6 Å². The summed E-state index contributed by atoms with van der Waals surface area (Å²) in [4.78, 5) is 10.5. The third-order valence-electron chi connectivity index (χ3n) is 2.07. The highest BCUT2D eigenvalue weighted by Gasteiger charge is 2.05. The molecule has 6 nitrogen and oxygen atoms in total. The molecule has 0 radical (unpaired) electrons. The summed E-state index contributed by atoms with van der Waals surface area (Å²) in [5.74, 6) is 6.61. The van der Waals surface area contributed by atoms with E-state index in [1.165, 1.54) is 0 Å². The molecule has 1 heterocycles. The standard InChI is InChI=1S/C10H16N6/c1-8-6-9(15-12)14-10(13-8)7-16(2)5-3-4-11/h6H,3,5,7,12H2,1-2H3,(H,13,14,15).